The number of ether oxygens (including phenoxy) is 2. The van der Waals surface area contributed by atoms with Gasteiger partial charge in [0, 0.05) is 11.3 Å². The van der Waals surface area contributed by atoms with Gasteiger partial charge in [-0.25, -0.2) is 4.39 Å². The second-order valence-electron chi connectivity index (χ2n) is 7.85. The van der Waals surface area contributed by atoms with Gasteiger partial charge >= 0.3 is 0 Å². The minimum absolute atomic E-state index is 0.0822. The first-order valence-corrected chi connectivity index (χ1v) is 10.2. The largest absolute Gasteiger partial charge is 0.454 e. The van der Waals surface area contributed by atoms with Crippen molar-refractivity contribution >= 4 is 11.6 Å². The van der Waals surface area contributed by atoms with Crippen LogP contribution >= 0.6 is 0 Å². The van der Waals surface area contributed by atoms with Crippen molar-refractivity contribution < 1.29 is 18.7 Å². The molecule has 1 fully saturated rings. The summed E-state index contributed by atoms with van der Waals surface area (Å²) in [6.07, 6.45) is 2.42. The molecule has 0 spiro atoms. The molecule has 0 radical (unpaired) electrons. The van der Waals surface area contributed by atoms with Crippen LogP contribution < -0.4 is 14.8 Å². The monoisotopic (exact) mass is 403 g/mol. The van der Waals surface area contributed by atoms with Crippen molar-refractivity contribution in [3.8, 4) is 22.6 Å². The number of anilines is 1. The molecule has 1 saturated carbocycles. The van der Waals surface area contributed by atoms with Crippen molar-refractivity contribution in [2.24, 2.45) is 0 Å². The highest BCUT2D eigenvalue weighted by atomic mass is 19.1. The molecule has 0 saturated heterocycles. The van der Waals surface area contributed by atoms with Gasteiger partial charge in [-0.15, -0.1) is 0 Å². The van der Waals surface area contributed by atoms with Gasteiger partial charge in [0.2, 0.25) is 12.7 Å². The lowest BCUT2D eigenvalue weighted by Gasteiger charge is -2.17. The Morgan fingerprint density at radius 1 is 1.03 bits per heavy atom. The van der Waals surface area contributed by atoms with E-state index in [1.165, 1.54) is 6.07 Å². The number of aryl methyl sites for hydroxylation is 1. The number of hydrogen-bond acceptors (Lipinski definition) is 3. The Hall–Kier alpha value is -3.34. The summed E-state index contributed by atoms with van der Waals surface area (Å²) in [6.45, 7) is 2.27. The van der Waals surface area contributed by atoms with Crippen molar-refractivity contribution in [1.29, 1.82) is 0 Å². The fourth-order valence-electron chi connectivity index (χ4n) is 4.00. The third-order valence-corrected chi connectivity index (χ3v) is 5.98. The van der Waals surface area contributed by atoms with Crippen molar-refractivity contribution in [3.05, 3.63) is 77.6 Å². The third-order valence-electron chi connectivity index (χ3n) is 5.98. The van der Waals surface area contributed by atoms with E-state index in [9.17, 15) is 9.18 Å². The molecule has 2 aliphatic rings. The molecule has 3 aromatic carbocycles. The number of amides is 1. The number of carbonyl (C=O) groups is 1. The number of halogens is 1. The highest BCUT2D eigenvalue weighted by molar-refractivity contribution is 6.01. The van der Waals surface area contributed by atoms with Crippen LogP contribution in [0.15, 0.2) is 60.7 Å². The minimum Gasteiger partial charge on any atom is -0.454 e. The lowest BCUT2D eigenvalue weighted by molar-refractivity contribution is -0.118. The lowest BCUT2D eigenvalue weighted by Crippen LogP contribution is -2.27. The lowest BCUT2D eigenvalue weighted by atomic mass is 9.94. The molecule has 0 unspecified atom stereocenters. The normalized spacial score (nSPS) is 15.7. The van der Waals surface area contributed by atoms with Crippen LogP contribution in [0.4, 0.5) is 10.1 Å². The molecule has 1 aliphatic heterocycles. The molecule has 1 N–H and O–H groups in total. The van der Waals surface area contributed by atoms with E-state index in [4.69, 9.17) is 9.47 Å². The first kappa shape index (κ1) is 18.7. The van der Waals surface area contributed by atoms with Gasteiger partial charge in [0.1, 0.15) is 5.82 Å². The van der Waals surface area contributed by atoms with Crippen LogP contribution in [0, 0.1) is 5.82 Å². The first-order chi connectivity index (χ1) is 14.6. The van der Waals surface area contributed by atoms with Crippen molar-refractivity contribution in [2.75, 3.05) is 12.1 Å². The van der Waals surface area contributed by atoms with E-state index in [1.54, 1.807) is 12.1 Å². The molecule has 152 valence electrons. The molecular formula is C25H22FNO3. The highest BCUT2D eigenvalue weighted by Crippen LogP contribution is 2.51. The Morgan fingerprint density at radius 2 is 1.87 bits per heavy atom. The number of carbonyl (C=O) groups excluding carboxylic acids is 1. The van der Waals surface area contributed by atoms with Gasteiger partial charge in [0.05, 0.1) is 5.41 Å². The van der Waals surface area contributed by atoms with Gasteiger partial charge < -0.3 is 14.8 Å². The maximum absolute atomic E-state index is 14.5. The Balaban J connectivity index is 1.41. The summed E-state index contributed by atoms with van der Waals surface area (Å²) in [5.74, 6) is 0.985. The first-order valence-electron chi connectivity index (χ1n) is 10.2. The Labute approximate surface area is 174 Å². The second kappa shape index (κ2) is 7.17. The summed E-state index contributed by atoms with van der Waals surface area (Å²) >= 11 is 0. The fourth-order valence-corrected chi connectivity index (χ4v) is 4.00. The summed E-state index contributed by atoms with van der Waals surface area (Å²) in [7, 11) is 0. The quantitative estimate of drug-likeness (QED) is 0.616. The molecule has 1 aliphatic carbocycles. The van der Waals surface area contributed by atoms with Crippen LogP contribution in [-0.4, -0.2) is 12.7 Å². The van der Waals surface area contributed by atoms with Crippen LogP contribution in [0.5, 0.6) is 11.5 Å². The maximum Gasteiger partial charge on any atom is 0.235 e. The van der Waals surface area contributed by atoms with Crippen molar-refractivity contribution in [3.63, 3.8) is 0 Å². The van der Waals surface area contributed by atoms with Gasteiger partial charge in [-0.2, -0.15) is 0 Å². The van der Waals surface area contributed by atoms with Crippen molar-refractivity contribution in [1.82, 2.24) is 0 Å². The molecule has 0 aromatic heterocycles. The molecule has 1 amide bonds. The van der Waals surface area contributed by atoms with E-state index in [2.05, 4.69) is 12.2 Å². The van der Waals surface area contributed by atoms with E-state index < -0.39 is 5.41 Å². The van der Waals surface area contributed by atoms with Gasteiger partial charge in [0.25, 0.3) is 0 Å². The topological polar surface area (TPSA) is 47.6 Å². The zero-order valence-electron chi connectivity index (χ0n) is 16.7. The fraction of sp³-hybridized carbons (Fsp3) is 0.240. The molecule has 30 heavy (non-hydrogen) atoms. The van der Waals surface area contributed by atoms with E-state index in [0.717, 1.165) is 36.0 Å². The SMILES string of the molecule is CCc1cccc(-c2cc(NC(=O)C3(c4ccc5c(c4)OCO5)CC3)ccc2F)c1. The number of rotatable bonds is 5. The third kappa shape index (κ3) is 3.20. The number of benzene rings is 3. The summed E-state index contributed by atoms with van der Waals surface area (Å²) in [5.41, 5.74) is 3.36. The van der Waals surface area contributed by atoms with Crippen LogP contribution in [0.2, 0.25) is 0 Å². The summed E-state index contributed by atoms with van der Waals surface area (Å²) in [5, 5.41) is 3.00. The van der Waals surface area contributed by atoms with Gasteiger partial charge in [0.15, 0.2) is 11.5 Å². The highest BCUT2D eigenvalue weighted by Gasteiger charge is 2.51. The molecule has 5 rings (SSSR count). The summed E-state index contributed by atoms with van der Waals surface area (Å²) in [6, 6.07) is 18.2. The van der Waals surface area contributed by atoms with Gasteiger partial charge in [-0.3, -0.25) is 4.79 Å². The van der Waals surface area contributed by atoms with E-state index >= 15 is 0 Å². The van der Waals surface area contributed by atoms with Gasteiger partial charge in [-0.1, -0.05) is 37.3 Å². The van der Waals surface area contributed by atoms with Crippen LogP contribution in [0.3, 0.4) is 0 Å². The minimum atomic E-state index is -0.572. The van der Waals surface area contributed by atoms with E-state index in [-0.39, 0.29) is 18.5 Å². The zero-order valence-corrected chi connectivity index (χ0v) is 16.7. The Morgan fingerprint density at radius 3 is 2.67 bits per heavy atom. The molecule has 0 bridgehead atoms. The van der Waals surface area contributed by atoms with Gasteiger partial charge in [-0.05, 0) is 66.3 Å². The number of nitrogens with one attached hydrogen (secondary N) is 1. The van der Waals surface area contributed by atoms with E-state index in [1.807, 2.05) is 42.5 Å². The smallest absolute Gasteiger partial charge is 0.235 e. The maximum atomic E-state index is 14.5. The van der Waals surface area contributed by atoms with Crippen LogP contribution in [-0.2, 0) is 16.6 Å². The predicted molar refractivity (Wildman–Crippen MR) is 113 cm³/mol. The van der Waals surface area contributed by atoms with Crippen LogP contribution in [0.25, 0.3) is 11.1 Å². The molecule has 3 aromatic rings. The summed E-state index contributed by atoms with van der Waals surface area (Å²) in [4.78, 5) is 13.2. The number of hydrogen-bond donors (Lipinski definition) is 1. The predicted octanol–water partition coefficient (Wildman–Crippen LogP) is 5.45. The summed E-state index contributed by atoms with van der Waals surface area (Å²) < 4.78 is 25.4. The molecular weight excluding hydrogens is 381 g/mol. The molecule has 1 heterocycles. The second-order valence-corrected chi connectivity index (χ2v) is 7.85. The van der Waals surface area contributed by atoms with E-state index in [0.29, 0.717) is 22.7 Å². The molecule has 0 atom stereocenters. The average molecular weight is 403 g/mol. The van der Waals surface area contributed by atoms with Crippen LogP contribution in [0.1, 0.15) is 30.9 Å². The Kier molecular flexibility index (Phi) is 4.46. The molecule has 4 nitrogen and oxygen atoms in total. The molecule has 5 heteroatoms. The zero-order chi connectivity index (χ0) is 20.7. The number of fused-ring (bicyclic) bond motifs is 1. The average Bonchev–Trinajstić information content (AvgIpc) is 3.46. The standard InChI is InChI=1S/C25H22FNO3/c1-2-16-4-3-5-17(12-16)20-14-19(7-8-21(20)26)27-24(28)25(10-11-25)18-6-9-22-23(13-18)30-15-29-22/h3-9,12-14H,2,10-11,15H2,1H3,(H,27,28). The Bertz CT molecular complexity index is 1140. The van der Waals surface area contributed by atoms with Crippen molar-refractivity contribution in [2.45, 2.75) is 31.6 Å².